The lowest BCUT2D eigenvalue weighted by Crippen LogP contribution is -2.37. The maximum Gasteiger partial charge on any atom is 0.240 e. The van der Waals surface area contributed by atoms with Crippen LogP contribution in [0.3, 0.4) is 0 Å². The highest BCUT2D eigenvalue weighted by Crippen LogP contribution is 2.24. The number of aryl methyl sites for hydroxylation is 1. The van der Waals surface area contributed by atoms with Gasteiger partial charge in [-0.3, -0.25) is 4.90 Å². The summed E-state index contributed by atoms with van der Waals surface area (Å²) in [5.41, 5.74) is 1.19. The largest absolute Gasteiger partial charge is 0.371 e. The number of rotatable bonds is 3. The molecule has 5 nitrogen and oxygen atoms in total. The van der Waals surface area contributed by atoms with Crippen LogP contribution in [-0.2, 0) is 11.3 Å². The molecule has 106 valence electrons. The Morgan fingerprint density at radius 3 is 2.85 bits per heavy atom. The second-order valence-corrected chi connectivity index (χ2v) is 5.80. The molecule has 1 aromatic carbocycles. The van der Waals surface area contributed by atoms with Gasteiger partial charge in [0.05, 0.1) is 19.3 Å². The summed E-state index contributed by atoms with van der Waals surface area (Å²) in [6.07, 6.45) is 0.0980. The van der Waals surface area contributed by atoms with Crippen molar-refractivity contribution in [2.24, 2.45) is 0 Å². The molecule has 1 aromatic heterocycles. The number of nitrogens with zero attached hydrogens (tertiary/aromatic N) is 3. The average molecular weight is 338 g/mol. The van der Waals surface area contributed by atoms with Gasteiger partial charge in [-0.05, 0) is 24.6 Å². The van der Waals surface area contributed by atoms with Crippen molar-refractivity contribution in [3.63, 3.8) is 0 Å². The molecule has 0 radical (unpaired) electrons. The zero-order valence-electron chi connectivity index (χ0n) is 11.3. The van der Waals surface area contributed by atoms with Crippen LogP contribution in [0.15, 0.2) is 33.3 Å². The van der Waals surface area contributed by atoms with Crippen molar-refractivity contribution < 1.29 is 9.26 Å². The van der Waals surface area contributed by atoms with Crippen molar-refractivity contribution in [2.75, 3.05) is 19.7 Å². The van der Waals surface area contributed by atoms with E-state index < -0.39 is 0 Å². The van der Waals surface area contributed by atoms with E-state index in [1.165, 1.54) is 5.56 Å². The predicted octanol–water partition coefficient (Wildman–Crippen LogP) is 2.71. The lowest BCUT2D eigenvalue weighted by atomic mass is 10.1. The van der Waals surface area contributed by atoms with E-state index in [0.29, 0.717) is 24.9 Å². The summed E-state index contributed by atoms with van der Waals surface area (Å²) < 4.78 is 12.1. The van der Waals surface area contributed by atoms with E-state index in [4.69, 9.17) is 9.26 Å². The molecular formula is C14H16BrN3O2. The molecule has 0 spiro atoms. The molecule has 20 heavy (non-hydrogen) atoms. The summed E-state index contributed by atoms with van der Waals surface area (Å²) in [4.78, 5) is 6.53. The van der Waals surface area contributed by atoms with E-state index in [0.717, 1.165) is 17.6 Å². The van der Waals surface area contributed by atoms with Gasteiger partial charge in [0.2, 0.25) is 5.89 Å². The third-order valence-corrected chi connectivity index (χ3v) is 3.85. The molecule has 0 saturated carbocycles. The first-order chi connectivity index (χ1) is 9.70. The standard InChI is InChI=1S/C14H16BrN3O2/c1-10-16-14(20-17-10)9-18-6-7-19-13(8-18)11-2-4-12(15)5-3-11/h2-5,13H,6-9H2,1H3/t13-/m1/s1. The molecule has 2 aromatic rings. The minimum Gasteiger partial charge on any atom is -0.371 e. The Morgan fingerprint density at radius 2 is 2.15 bits per heavy atom. The van der Waals surface area contributed by atoms with Gasteiger partial charge in [0.25, 0.3) is 0 Å². The number of halogens is 1. The Balaban J connectivity index is 1.65. The van der Waals surface area contributed by atoms with Crippen LogP contribution in [0.1, 0.15) is 23.4 Å². The Morgan fingerprint density at radius 1 is 1.35 bits per heavy atom. The third-order valence-electron chi connectivity index (χ3n) is 3.32. The van der Waals surface area contributed by atoms with Crippen LogP contribution >= 0.6 is 15.9 Å². The maximum atomic E-state index is 5.85. The van der Waals surface area contributed by atoms with Gasteiger partial charge in [-0.1, -0.05) is 33.2 Å². The highest BCUT2D eigenvalue weighted by molar-refractivity contribution is 9.10. The first kappa shape index (κ1) is 13.7. The molecule has 0 amide bonds. The molecule has 0 unspecified atom stereocenters. The summed E-state index contributed by atoms with van der Waals surface area (Å²) in [5.74, 6) is 1.34. The zero-order chi connectivity index (χ0) is 13.9. The van der Waals surface area contributed by atoms with Crippen LogP contribution in [0.25, 0.3) is 0 Å². The SMILES string of the molecule is Cc1noc(CN2CCO[C@@H](c3ccc(Br)cc3)C2)n1. The maximum absolute atomic E-state index is 5.85. The summed E-state index contributed by atoms with van der Waals surface area (Å²) >= 11 is 3.45. The Bertz CT molecular complexity index is 570. The molecular weight excluding hydrogens is 322 g/mol. The molecule has 1 aliphatic rings. The fourth-order valence-corrected chi connectivity index (χ4v) is 2.59. The van der Waals surface area contributed by atoms with Crippen molar-refractivity contribution in [1.82, 2.24) is 15.0 Å². The van der Waals surface area contributed by atoms with Gasteiger partial charge in [-0.2, -0.15) is 4.98 Å². The van der Waals surface area contributed by atoms with Crippen LogP contribution in [0.5, 0.6) is 0 Å². The first-order valence-electron chi connectivity index (χ1n) is 6.59. The summed E-state index contributed by atoms with van der Waals surface area (Å²) in [6, 6.07) is 8.27. The van der Waals surface area contributed by atoms with Gasteiger partial charge in [0, 0.05) is 17.6 Å². The second-order valence-electron chi connectivity index (χ2n) is 4.88. The Kier molecular flexibility index (Phi) is 4.14. The van der Waals surface area contributed by atoms with E-state index in [2.05, 4.69) is 43.1 Å². The summed E-state index contributed by atoms with van der Waals surface area (Å²) in [7, 11) is 0. The number of ether oxygens (including phenoxy) is 1. The molecule has 6 heteroatoms. The highest BCUT2D eigenvalue weighted by atomic mass is 79.9. The number of hydrogen-bond donors (Lipinski definition) is 0. The third kappa shape index (κ3) is 3.26. The lowest BCUT2D eigenvalue weighted by molar-refractivity contribution is -0.0356. The highest BCUT2D eigenvalue weighted by Gasteiger charge is 2.23. The quantitative estimate of drug-likeness (QED) is 0.861. The van der Waals surface area contributed by atoms with E-state index in [1.54, 1.807) is 0 Å². The molecule has 1 atom stereocenters. The van der Waals surface area contributed by atoms with Crippen molar-refractivity contribution >= 4 is 15.9 Å². The molecule has 1 aliphatic heterocycles. The number of morpholine rings is 1. The Hall–Kier alpha value is -1.24. The minimum absolute atomic E-state index is 0.0980. The summed E-state index contributed by atoms with van der Waals surface area (Å²) in [6.45, 7) is 4.94. The lowest BCUT2D eigenvalue weighted by Gasteiger charge is -2.32. The van der Waals surface area contributed by atoms with E-state index in [9.17, 15) is 0 Å². The average Bonchev–Trinajstić information content (AvgIpc) is 2.85. The monoisotopic (exact) mass is 337 g/mol. The van der Waals surface area contributed by atoms with Gasteiger partial charge < -0.3 is 9.26 Å². The van der Waals surface area contributed by atoms with Crippen molar-refractivity contribution in [1.29, 1.82) is 0 Å². The number of benzene rings is 1. The molecule has 1 fully saturated rings. The summed E-state index contributed by atoms with van der Waals surface area (Å²) in [5, 5.41) is 3.82. The fraction of sp³-hybridized carbons (Fsp3) is 0.429. The fourth-order valence-electron chi connectivity index (χ4n) is 2.32. The minimum atomic E-state index is 0.0980. The number of aromatic nitrogens is 2. The zero-order valence-corrected chi connectivity index (χ0v) is 12.8. The van der Waals surface area contributed by atoms with Crippen LogP contribution in [0.4, 0.5) is 0 Å². The van der Waals surface area contributed by atoms with Gasteiger partial charge in [0.15, 0.2) is 5.82 Å². The van der Waals surface area contributed by atoms with Crippen molar-refractivity contribution in [3.05, 3.63) is 46.0 Å². The second kappa shape index (κ2) is 6.03. The molecule has 3 rings (SSSR count). The Labute approximate surface area is 126 Å². The van der Waals surface area contributed by atoms with Crippen molar-refractivity contribution in [3.8, 4) is 0 Å². The van der Waals surface area contributed by atoms with Crippen molar-refractivity contribution in [2.45, 2.75) is 19.6 Å². The first-order valence-corrected chi connectivity index (χ1v) is 7.38. The van der Waals surface area contributed by atoms with Crippen LogP contribution in [0, 0.1) is 6.92 Å². The van der Waals surface area contributed by atoms with Crippen LogP contribution in [-0.4, -0.2) is 34.7 Å². The van der Waals surface area contributed by atoms with Crippen LogP contribution in [0.2, 0.25) is 0 Å². The topological polar surface area (TPSA) is 51.4 Å². The van der Waals surface area contributed by atoms with E-state index >= 15 is 0 Å². The molecule has 2 heterocycles. The van der Waals surface area contributed by atoms with E-state index in [-0.39, 0.29) is 6.10 Å². The number of hydrogen-bond acceptors (Lipinski definition) is 5. The molecule has 0 N–H and O–H groups in total. The smallest absolute Gasteiger partial charge is 0.240 e. The molecule has 0 bridgehead atoms. The molecule has 1 saturated heterocycles. The van der Waals surface area contributed by atoms with E-state index in [1.807, 2.05) is 19.1 Å². The van der Waals surface area contributed by atoms with Gasteiger partial charge in [0.1, 0.15) is 0 Å². The van der Waals surface area contributed by atoms with Gasteiger partial charge >= 0.3 is 0 Å². The van der Waals surface area contributed by atoms with Gasteiger partial charge in [-0.25, -0.2) is 0 Å². The van der Waals surface area contributed by atoms with Gasteiger partial charge in [-0.15, -0.1) is 0 Å². The predicted molar refractivity (Wildman–Crippen MR) is 77.1 cm³/mol. The normalized spacial score (nSPS) is 20.2. The molecule has 0 aliphatic carbocycles. The van der Waals surface area contributed by atoms with Crippen LogP contribution < -0.4 is 0 Å².